The average Bonchev–Trinajstić information content (AvgIpc) is 3.36. The van der Waals surface area contributed by atoms with Crippen molar-refractivity contribution in [3.05, 3.63) is 64.8 Å². The van der Waals surface area contributed by atoms with Gasteiger partial charge in [0.2, 0.25) is 0 Å². The van der Waals surface area contributed by atoms with Crippen molar-refractivity contribution >= 4 is 16.5 Å². The zero-order valence-electron chi connectivity index (χ0n) is 19.3. The van der Waals surface area contributed by atoms with Gasteiger partial charge in [-0.3, -0.25) is 9.36 Å². The standard InChI is InChI=1S/C27H30FN3O3/c28-24-15-20(3-6-25(24)30-11-8-27(9-12-30)17-29-18-27)31-10-7-19-14-21(4-5-23(19)26(31)32)34-16-22-2-1-13-33-22/h3-7,10,14-15,22,29H,1-2,8-9,11-13,16-18H2. The summed E-state index contributed by atoms with van der Waals surface area (Å²) in [5.41, 5.74) is 1.39. The Morgan fingerprint density at radius 3 is 2.68 bits per heavy atom. The highest BCUT2D eigenvalue weighted by molar-refractivity contribution is 5.83. The van der Waals surface area contributed by atoms with Crippen molar-refractivity contribution in [1.29, 1.82) is 0 Å². The fourth-order valence-electron chi connectivity index (χ4n) is 5.44. The predicted molar refractivity (Wildman–Crippen MR) is 131 cm³/mol. The van der Waals surface area contributed by atoms with Gasteiger partial charge in [0.05, 0.1) is 17.5 Å². The number of ether oxygens (including phenoxy) is 2. The summed E-state index contributed by atoms with van der Waals surface area (Å²) in [7, 11) is 0. The van der Waals surface area contributed by atoms with Crippen molar-refractivity contribution in [3.63, 3.8) is 0 Å². The molecule has 3 aliphatic heterocycles. The molecule has 6 nitrogen and oxygen atoms in total. The Hall–Kier alpha value is -2.90. The molecule has 0 amide bonds. The third-order valence-corrected chi connectivity index (χ3v) is 7.71. The third kappa shape index (κ3) is 3.97. The highest BCUT2D eigenvalue weighted by Gasteiger charge is 2.39. The number of pyridine rings is 1. The molecule has 7 heteroatoms. The number of fused-ring (bicyclic) bond motifs is 1. The Labute approximate surface area is 198 Å². The van der Waals surface area contributed by atoms with Gasteiger partial charge in [0.15, 0.2) is 0 Å². The first kappa shape index (κ1) is 21.6. The average molecular weight is 464 g/mol. The molecule has 0 saturated carbocycles. The lowest BCUT2D eigenvalue weighted by Gasteiger charge is -2.49. The normalized spacial score (nSPS) is 21.7. The molecular formula is C27H30FN3O3. The van der Waals surface area contributed by atoms with Gasteiger partial charge >= 0.3 is 0 Å². The summed E-state index contributed by atoms with van der Waals surface area (Å²) >= 11 is 0. The van der Waals surface area contributed by atoms with E-state index in [0.29, 0.717) is 28.8 Å². The summed E-state index contributed by atoms with van der Waals surface area (Å²) in [6.45, 7) is 5.20. The molecule has 1 spiro atoms. The molecule has 1 unspecified atom stereocenters. The Morgan fingerprint density at radius 1 is 1.12 bits per heavy atom. The monoisotopic (exact) mass is 463 g/mol. The van der Waals surface area contributed by atoms with Crippen LogP contribution in [0.15, 0.2) is 53.5 Å². The quantitative estimate of drug-likeness (QED) is 0.623. The molecule has 0 bridgehead atoms. The number of hydrogen-bond acceptors (Lipinski definition) is 5. The van der Waals surface area contributed by atoms with E-state index in [0.717, 1.165) is 69.6 Å². The molecule has 0 radical (unpaired) electrons. The molecule has 4 heterocycles. The highest BCUT2D eigenvalue weighted by Crippen LogP contribution is 2.37. The van der Waals surface area contributed by atoms with Crippen molar-refractivity contribution in [2.24, 2.45) is 5.41 Å². The van der Waals surface area contributed by atoms with Crippen molar-refractivity contribution < 1.29 is 13.9 Å². The maximum atomic E-state index is 15.1. The molecule has 1 atom stereocenters. The summed E-state index contributed by atoms with van der Waals surface area (Å²) in [4.78, 5) is 15.3. The molecule has 6 rings (SSSR count). The molecule has 3 aliphatic rings. The number of aromatic nitrogens is 1. The number of halogens is 1. The molecule has 34 heavy (non-hydrogen) atoms. The molecular weight excluding hydrogens is 433 g/mol. The van der Waals surface area contributed by atoms with E-state index in [4.69, 9.17) is 9.47 Å². The summed E-state index contributed by atoms with van der Waals surface area (Å²) < 4.78 is 28.1. The molecule has 3 fully saturated rings. The van der Waals surface area contributed by atoms with Crippen LogP contribution in [-0.2, 0) is 4.74 Å². The molecule has 3 saturated heterocycles. The van der Waals surface area contributed by atoms with Crippen LogP contribution in [0.3, 0.4) is 0 Å². The van der Waals surface area contributed by atoms with E-state index in [1.165, 1.54) is 10.6 Å². The Bertz CT molecular complexity index is 1250. The lowest BCUT2D eigenvalue weighted by molar-refractivity contribution is 0.0680. The molecule has 3 aromatic rings. The smallest absolute Gasteiger partial charge is 0.262 e. The van der Waals surface area contributed by atoms with Gasteiger partial charge in [0, 0.05) is 50.4 Å². The summed E-state index contributed by atoms with van der Waals surface area (Å²) in [6.07, 6.45) is 6.11. The fourth-order valence-corrected chi connectivity index (χ4v) is 5.44. The van der Waals surface area contributed by atoms with Crippen LogP contribution in [0.25, 0.3) is 16.5 Å². The lowest BCUT2D eigenvalue weighted by atomic mass is 9.73. The van der Waals surface area contributed by atoms with Crippen LogP contribution in [0, 0.1) is 11.2 Å². The maximum Gasteiger partial charge on any atom is 0.262 e. The molecule has 1 N–H and O–H groups in total. The number of anilines is 1. The van der Waals surface area contributed by atoms with Crippen molar-refractivity contribution in [3.8, 4) is 11.4 Å². The van der Waals surface area contributed by atoms with Crippen LogP contribution in [0.4, 0.5) is 10.1 Å². The highest BCUT2D eigenvalue weighted by atomic mass is 19.1. The van der Waals surface area contributed by atoms with Crippen LogP contribution in [0.5, 0.6) is 5.75 Å². The fraction of sp³-hybridized carbons (Fsp3) is 0.444. The second kappa shape index (κ2) is 8.71. The molecule has 2 aromatic carbocycles. The topological polar surface area (TPSA) is 55.7 Å². The number of rotatable bonds is 5. The van der Waals surface area contributed by atoms with E-state index >= 15 is 4.39 Å². The minimum absolute atomic E-state index is 0.142. The van der Waals surface area contributed by atoms with Crippen LogP contribution in [0.1, 0.15) is 25.7 Å². The molecule has 0 aliphatic carbocycles. The van der Waals surface area contributed by atoms with Crippen molar-refractivity contribution in [1.82, 2.24) is 9.88 Å². The van der Waals surface area contributed by atoms with Crippen molar-refractivity contribution in [2.75, 3.05) is 44.3 Å². The minimum Gasteiger partial charge on any atom is -0.491 e. The zero-order valence-corrected chi connectivity index (χ0v) is 19.3. The number of nitrogens with zero attached hydrogens (tertiary/aromatic N) is 2. The second-order valence-electron chi connectivity index (χ2n) is 9.91. The van der Waals surface area contributed by atoms with Gasteiger partial charge in [-0.2, -0.15) is 0 Å². The van der Waals surface area contributed by atoms with Gasteiger partial charge in [-0.25, -0.2) is 4.39 Å². The number of piperidine rings is 1. The van der Waals surface area contributed by atoms with E-state index in [9.17, 15) is 4.79 Å². The molecule has 178 valence electrons. The number of benzene rings is 2. The summed E-state index contributed by atoms with van der Waals surface area (Å²) in [5.74, 6) is 0.432. The van der Waals surface area contributed by atoms with Gasteiger partial charge in [-0.15, -0.1) is 0 Å². The van der Waals surface area contributed by atoms with Crippen LogP contribution in [0.2, 0.25) is 0 Å². The predicted octanol–water partition coefficient (Wildman–Crippen LogP) is 3.88. The number of hydrogen-bond donors (Lipinski definition) is 1. The third-order valence-electron chi connectivity index (χ3n) is 7.71. The maximum absolute atomic E-state index is 15.1. The summed E-state index contributed by atoms with van der Waals surface area (Å²) in [6, 6.07) is 12.5. The zero-order chi connectivity index (χ0) is 23.1. The molecule has 1 aromatic heterocycles. The number of nitrogens with one attached hydrogen (secondary N) is 1. The van der Waals surface area contributed by atoms with Crippen LogP contribution >= 0.6 is 0 Å². The Kier molecular flexibility index (Phi) is 5.54. The van der Waals surface area contributed by atoms with Gasteiger partial charge in [0.25, 0.3) is 5.56 Å². The van der Waals surface area contributed by atoms with Crippen molar-refractivity contribution in [2.45, 2.75) is 31.8 Å². The van der Waals surface area contributed by atoms with E-state index in [-0.39, 0.29) is 17.5 Å². The first-order chi connectivity index (χ1) is 16.6. The van der Waals surface area contributed by atoms with E-state index in [1.807, 2.05) is 24.3 Å². The first-order valence-corrected chi connectivity index (χ1v) is 12.3. The van der Waals surface area contributed by atoms with Gasteiger partial charge in [0.1, 0.15) is 18.2 Å². The summed E-state index contributed by atoms with van der Waals surface area (Å²) in [5, 5.41) is 4.74. The van der Waals surface area contributed by atoms with Gasteiger partial charge in [-0.05, 0) is 72.9 Å². The SMILES string of the molecule is O=c1c2ccc(OCC3CCCO3)cc2ccn1-c1ccc(N2CCC3(CC2)CNC3)c(F)c1. The van der Waals surface area contributed by atoms with E-state index < -0.39 is 0 Å². The van der Waals surface area contributed by atoms with Crippen LogP contribution < -0.4 is 20.5 Å². The Balaban J connectivity index is 1.21. The van der Waals surface area contributed by atoms with Gasteiger partial charge in [-0.1, -0.05) is 0 Å². The van der Waals surface area contributed by atoms with E-state index in [2.05, 4.69) is 10.2 Å². The lowest BCUT2D eigenvalue weighted by Crippen LogP contribution is -2.58. The van der Waals surface area contributed by atoms with Gasteiger partial charge < -0.3 is 19.7 Å². The van der Waals surface area contributed by atoms with E-state index in [1.54, 1.807) is 18.3 Å². The first-order valence-electron chi connectivity index (χ1n) is 12.3. The minimum atomic E-state index is -0.287. The largest absolute Gasteiger partial charge is 0.491 e. The second-order valence-corrected chi connectivity index (χ2v) is 9.91. The Morgan fingerprint density at radius 2 is 1.97 bits per heavy atom. The van der Waals surface area contributed by atoms with Crippen LogP contribution in [-0.4, -0.2) is 50.1 Å².